The van der Waals surface area contributed by atoms with Crippen LogP contribution in [0.5, 0.6) is 0 Å². The van der Waals surface area contributed by atoms with E-state index < -0.39 is 11.4 Å². The molecule has 1 fully saturated rings. The van der Waals surface area contributed by atoms with Crippen molar-refractivity contribution in [2.45, 2.75) is 24.8 Å². The second-order valence-corrected chi connectivity index (χ2v) is 7.88. The van der Waals surface area contributed by atoms with Crippen molar-refractivity contribution in [3.8, 4) is 0 Å². The first-order valence-electron chi connectivity index (χ1n) is 9.07. The number of ether oxygens (including phenoxy) is 1. The van der Waals surface area contributed by atoms with E-state index >= 15 is 4.39 Å². The second-order valence-electron chi connectivity index (χ2n) is 6.95. The van der Waals surface area contributed by atoms with E-state index in [1.165, 1.54) is 11.8 Å². The third-order valence-electron chi connectivity index (χ3n) is 5.32. The second kappa shape index (κ2) is 6.83. The van der Waals surface area contributed by atoms with Gasteiger partial charge in [0.05, 0.1) is 34.1 Å². The van der Waals surface area contributed by atoms with Crippen LogP contribution in [-0.4, -0.2) is 55.3 Å². The van der Waals surface area contributed by atoms with Crippen LogP contribution in [0.2, 0.25) is 0 Å². The molecule has 27 heavy (non-hydrogen) atoms. The molecule has 0 saturated carbocycles. The molecule has 144 valence electrons. The summed E-state index contributed by atoms with van der Waals surface area (Å²) in [4.78, 5) is 29.6. The summed E-state index contributed by atoms with van der Waals surface area (Å²) < 4.78 is 22.2. The van der Waals surface area contributed by atoms with Gasteiger partial charge in [0.25, 0.3) is 0 Å². The van der Waals surface area contributed by atoms with E-state index in [9.17, 15) is 9.59 Å². The minimum absolute atomic E-state index is 0.0236. The molecule has 3 heterocycles. The number of benzene rings is 1. The van der Waals surface area contributed by atoms with Crippen LogP contribution in [0, 0.1) is 12.7 Å². The van der Waals surface area contributed by atoms with E-state index in [0.717, 1.165) is 26.2 Å². The summed E-state index contributed by atoms with van der Waals surface area (Å²) in [5.41, 5.74) is 1.10. The van der Waals surface area contributed by atoms with Crippen LogP contribution in [-0.2, 0) is 10.6 Å². The Morgan fingerprint density at radius 2 is 2.00 bits per heavy atom. The first-order chi connectivity index (χ1) is 12.9. The summed E-state index contributed by atoms with van der Waals surface area (Å²) in [6.07, 6.45) is 0. The highest BCUT2D eigenvalue weighted by molar-refractivity contribution is 7.99. The first-order valence-corrected chi connectivity index (χ1v) is 10.1. The van der Waals surface area contributed by atoms with Gasteiger partial charge in [-0.3, -0.25) is 4.79 Å². The molecule has 0 bridgehead atoms. The van der Waals surface area contributed by atoms with Crippen molar-refractivity contribution < 1.29 is 13.9 Å². The SMILES string of the molecule is CCOC(=O)c1c2n(c3cc(N4CCN(C)CC4)c(F)c(C)c3c1=O)CS2. The molecule has 0 atom stereocenters. The molecule has 0 amide bonds. The Morgan fingerprint density at radius 3 is 2.59 bits per heavy atom. The topological polar surface area (TPSA) is 54.8 Å². The molecule has 1 aromatic heterocycles. The number of hydrogen-bond donors (Lipinski definition) is 0. The van der Waals surface area contributed by atoms with E-state index in [1.54, 1.807) is 19.9 Å². The summed E-state index contributed by atoms with van der Waals surface area (Å²) in [6, 6.07) is 1.77. The lowest BCUT2D eigenvalue weighted by molar-refractivity contribution is 0.0518. The number of nitrogens with zero attached hydrogens (tertiary/aromatic N) is 3. The van der Waals surface area contributed by atoms with Gasteiger partial charge in [-0.2, -0.15) is 0 Å². The monoisotopic (exact) mass is 391 g/mol. The molecule has 1 saturated heterocycles. The smallest absolute Gasteiger partial charge is 0.344 e. The lowest BCUT2D eigenvalue weighted by Crippen LogP contribution is -2.45. The Bertz CT molecular complexity index is 996. The fourth-order valence-electron chi connectivity index (χ4n) is 3.72. The maximum Gasteiger partial charge on any atom is 0.344 e. The number of fused-ring (bicyclic) bond motifs is 3. The molecule has 4 rings (SSSR count). The molecule has 2 aliphatic rings. The number of aryl methyl sites for hydroxylation is 1. The van der Waals surface area contributed by atoms with Crippen LogP contribution in [0.3, 0.4) is 0 Å². The normalized spacial score (nSPS) is 17.0. The number of aromatic nitrogens is 1. The third kappa shape index (κ3) is 2.82. The molecule has 2 aliphatic heterocycles. The molecule has 0 unspecified atom stereocenters. The molecule has 8 heteroatoms. The highest BCUT2D eigenvalue weighted by Gasteiger charge is 2.31. The molecule has 0 N–H and O–H groups in total. The van der Waals surface area contributed by atoms with Gasteiger partial charge >= 0.3 is 5.97 Å². The number of carbonyl (C=O) groups is 1. The maximum atomic E-state index is 15.2. The average molecular weight is 391 g/mol. The van der Waals surface area contributed by atoms with E-state index in [-0.39, 0.29) is 23.4 Å². The number of hydrogen-bond acceptors (Lipinski definition) is 6. The number of piperazine rings is 1. The van der Waals surface area contributed by atoms with E-state index in [1.807, 2.05) is 9.47 Å². The molecule has 0 aliphatic carbocycles. The van der Waals surface area contributed by atoms with Gasteiger partial charge in [0.2, 0.25) is 5.43 Å². The van der Waals surface area contributed by atoms with Crippen molar-refractivity contribution in [2.24, 2.45) is 0 Å². The molecule has 0 spiro atoms. The number of halogens is 1. The van der Waals surface area contributed by atoms with Crippen LogP contribution in [0.4, 0.5) is 10.1 Å². The number of carbonyl (C=O) groups excluding carboxylic acids is 1. The predicted molar refractivity (Wildman–Crippen MR) is 104 cm³/mol. The zero-order chi connectivity index (χ0) is 19.3. The molecule has 1 aromatic carbocycles. The van der Waals surface area contributed by atoms with Crippen molar-refractivity contribution in [1.29, 1.82) is 0 Å². The van der Waals surface area contributed by atoms with Gasteiger partial charge in [0.15, 0.2) is 0 Å². The lowest BCUT2D eigenvalue weighted by Gasteiger charge is -2.35. The van der Waals surface area contributed by atoms with Gasteiger partial charge < -0.3 is 19.1 Å². The molecule has 6 nitrogen and oxygen atoms in total. The van der Waals surface area contributed by atoms with Gasteiger partial charge in [0.1, 0.15) is 11.4 Å². The van der Waals surface area contributed by atoms with Gasteiger partial charge in [-0.1, -0.05) is 11.8 Å². The Kier molecular flexibility index (Phi) is 4.63. The predicted octanol–water partition coefficient (Wildman–Crippen LogP) is 2.44. The van der Waals surface area contributed by atoms with Gasteiger partial charge in [-0.25, -0.2) is 9.18 Å². The fraction of sp³-hybridized carbons (Fsp3) is 0.474. The number of pyridine rings is 1. The lowest BCUT2D eigenvalue weighted by atomic mass is 10.0. The van der Waals surface area contributed by atoms with Crippen LogP contribution in [0.1, 0.15) is 22.8 Å². The minimum Gasteiger partial charge on any atom is -0.462 e. The zero-order valence-corrected chi connectivity index (χ0v) is 16.5. The van der Waals surface area contributed by atoms with Crippen LogP contribution >= 0.6 is 11.8 Å². The first kappa shape index (κ1) is 18.3. The summed E-state index contributed by atoms with van der Waals surface area (Å²) in [5.74, 6) is -0.388. The fourth-order valence-corrected chi connectivity index (χ4v) is 4.67. The average Bonchev–Trinajstić information content (AvgIpc) is 2.61. The quantitative estimate of drug-likeness (QED) is 0.749. The zero-order valence-electron chi connectivity index (χ0n) is 15.7. The number of thioether (sulfide) groups is 1. The Balaban J connectivity index is 1.92. The van der Waals surface area contributed by atoms with Crippen molar-refractivity contribution in [2.75, 3.05) is 44.7 Å². The summed E-state index contributed by atoms with van der Waals surface area (Å²) >= 11 is 1.44. The highest BCUT2D eigenvalue weighted by atomic mass is 32.2. The van der Waals surface area contributed by atoms with Gasteiger partial charge in [-0.15, -0.1) is 0 Å². The van der Waals surface area contributed by atoms with E-state index in [4.69, 9.17) is 4.74 Å². The number of likely N-dealkylation sites (N-methyl/N-ethyl adjacent to an activating group) is 1. The molecule has 2 aromatic rings. The van der Waals surface area contributed by atoms with Crippen molar-refractivity contribution in [3.05, 3.63) is 33.2 Å². The summed E-state index contributed by atoms with van der Waals surface area (Å²) in [7, 11) is 2.05. The van der Waals surface area contributed by atoms with E-state index in [0.29, 0.717) is 27.7 Å². The standard InChI is InChI=1S/C19H22FN3O3S/c1-4-26-19(25)15-17(24)14-11(2)16(20)13(22-7-5-21(3)6-8-22)9-12(14)23-10-27-18(15)23/h9H,4-8,10H2,1-3H3. The molecule has 0 radical (unpaired) electrons. The van der Waals surface area contributed by atoms with Crippen LogP contribution in [0.25, 0.3) is 10.9 Å². The Labute approximate surface area is 160 Å². The Hall–Kier alpha value is -2.06. The largest absolute Gasteiger partial charge is 0.462 e. The number of rotatable bonds is 3. The summed E-state index contributed by atoms with van der Waals surface area (Å²) in [5, 5.41) is 0.888. The minimum atomic E-state index is -0.636. The van der Waals surface area contributed by atoms with Crippen molar-refractivity contribution in [3.63, 3.8) is 0 Å². The maximum absolute atomic E-state index is 15.2. The van der Waals surface area contributed by atoms with E-state index in [2.05, 4.69) is 11.9 Å². The van der Waals surface area contributed by atoms with Gasteiger partial charge in [0, 0.05) is 31.7 Å². The molecular formula is C19H22FN3O3S. The summed E-state index contributed by atoms with van der Waals surface area (Å²) in [6.45, 7) is 6.72. The molecular weight excluding hydrogens is 369 g/mol. The Morgan fingerprint density at radius 1 is 1.30 bits per heavy atom. The van der Waals surface area contributed by atoms with Crippen molar-refractivity contribution in [1.82, 2.24) is 9.47 Å². The van der Waals surface area contributed by atoms with Crippen molar-refractivity contribution >= 4 is 34.3 Å². The number of esters is 1. The third-order valence-corrected chi connectivity index (χ3v) is 6.40. The van der Waals surface area contributed by atoms with Gasteiger partial charge in [-0.05, 0) is 27.0 Å². The van der Waals surface area contributed by atoms with Crippen LogP contribution in [0.15, 0.2) is 15.9 Å². The highest BCUT2D eigenvalue weighted by Crippen LogP contribution is 2.39. The van der Waals surface area contributed by atoms with Crippen LogP contribution < -0.4 is 10.3 Å². The number of anilines is 1.